The Morgan fingerprint density at radius 3 is 2.58 bits per heavy atom. The van der Waals surface area contributed by atoms with E-state index in [1.807, 2.05) is 47.8 Å². The first-order chi connectivity index (χ1) is 16.0. The Labute approximate surface area is 198 Å². The van der Waals surface area contributed by atoms with E-state index in [0.29, 0.717) is 22.3 Å². The number of hydrogen-bond donors (Lipinski definition) is 2. The van der Waals surface area contributed by atoms with Gasteiger partial charge >= 0.3 is 0 Å². The van der Waals surface area contributed by atoms with E-state index in [9.17, 15) is 14.0 Å². The summed E-state index contributed by atoms with van der Waals surface area (Å²) < 4.78 is 18.5. The van der Waals surface area contributed by atoms with Gasteiger partial charge in [-0.05, 0) is 47.2 Å². The molecule has 0 aliphatic carbocycles. The molecular weight excluding hydrogens is 461 g/mol. The summed E-state index contributed by atoms with van der Waals surface area (Å²) in [6.45, 7) is -0.119. The van der Waals surface area contributed by atoms with E-state index in [-0.39, 0.29) is 30.0 Å². The number of thioether (sulfide) groups is 1. The molecular formula is C24H20FN3O3S2. The number of ether oxygens (including phenoxy) is 1. The summed E-state index contributed by atoms with van der Waals surface area (Å²) in [6.07, 6.45) is 0. The van der Waals surface area contributed by atoms with Crippen LogP contribution in [-0.4, -0.2) is 29.2 Å². The fourth-order valence-electron chi connectivity index (χ4n) is 2.97. The number of fused-ring (bicyclic) bond motifs is 1. The number of nitrogens with one attached hydrogen (secondary N) is 2. The summed E-state index contributed by atoms with van der Waals surface area (Å²) in [5, 5.41) is 9.91. The van der Waals surface area contributed by atoms with Gasteiger partial charge in [0.15, 0.2) is 11.7 Å². The van der Waals surface area contributed by atoms with Gasteiger partial charge in [-0.2, -0.15) is 0 Å². The second-order valence-electron chi connectivity index (χ2n) is 7.04. The number of nitrogens with zero attached hydrogens (tertiary/aromatic N) is 1. The van der Waals surface area contributed by atoms with Crippen LogP contribution in [0.4, 0.5) is 15.2 Å². The zero-order chi connectivity index (χ0) is 23.0. The minimum absolute atomic E-state index is 0.119. The number of thiazole rings is 1. The van der Waals surface area contributed by atoms with Crippen molar-refractivity contribution in [2.75, 3.05) is 23.0 Å². The van der Waals surface area contributed by atoms with Crippen LogP contribution in [-0.2, 0) is 15.3 Å². The highest BCUT2D eigenvalue weighted by molar-refractivity contribution is 7.99. The van der Waals surface area contributed by atoms with E-state index in [0.717, 1.165) is 16.5 Å². The van der Waals surface area contributed by atoms with E-state index in [4.69, 9.17) is 4.74 Å². The molecule has 0 bridgehead atoms. The largest absolute Gasteiger partial charge is 0.484 e. The molecule has 0 aliphatic rings. The molecule has 3 aromatic carbocycles. The van der Waals surface area contributed by atoms with Crippen LogP contribution in [0.1, 0.15) is 5.69 Å². The lowest BCUT2D eigenvalue weighted by Gasteiger charge is -2.07. The molecule has 6 nitrogen and oxygen atoms in total. The van der Waals surface area contributed by atoms with Crippen molar-refractivity contribution in [3.05, 3.63) is 83.6 Å². The van der Waals surface area contributed by atoms with Gasteiger partial charge in [0.2, 0.25) is 5.91 Å². The van der Waals surface area contributed by atoms with Crippen LogP contribution in [0.15, 0.2) is 72.1 Å². The number of halogens is 1. The predicted molar refractivity (Wildman–Crippen MR) is 131 cm³/mol. The minimum Gasteiger partial charge on any atom is -0.484 e. The summed E-state index contributed by atoms with van der Waals surface area (Å²) in [5.41, 5.74) is 1.32. The van der Waals surface area contributed by atoms with Crippen molar-refractivity contribution in [2.24, 2.45) is 0 Å². The molecule has 1 heterocycles. The van der Waals surface area contributed by atoms with Gasteiger partial charge in [0.25, 0.3) is 5.91 Å². The van der Waals surface area contributed by atoms with Gasteiger partial charge in [-0.25, -0.2) is 9.37 Å². The monoisotopic (exact) mass is 481 g/mol. The molecule has 4 rings (SSSR count). The zero-order valence-corrected chi connectivity index (χ0v) is 19.0. The van der Waals surface area contributed by atoms with Crippen molar-refractivity contribution in [3.63, 3.8) is 0 Å². The van der Waals surface area contributed by atoms with Crippen LogP contribution in [0.3, 0.4) is 0 Å². The molecule has 0 fully saturated rings. The third-order valence-electron chi connectivity index (χ3n) is 4.50. The van der Waals surface area contributed by atoms with Gasteiger partial charge in [0.05, 0.1) is 11.4 Å². The molecule has 168 valence electrons. The number of carbonyl (C=O) groups excluding carboxylic acids is 2. The topological polar surface area (TPSA) is 80.3 Å². The van der Waals surface area contributed by atoms with Crippen LogP contribution in [0, 0.1) is 5.82 Å². The number of aromatic nitrogens is 1. The first kappa shape index (κ1) is 22.8. The van der Waals surface area contributed by atoms with Crippen molar-refractivity contribution in [1.82, 2.24) is 4.98 Å². The van der Waals surface area contributed by atoms with Crippen LogP contribution < -0.4 is 15.4 Å². The van der Waals surface area contributed by atoms with Crippen LogP contribution in [0.5, 0.6) is 5.75 Å². The zero-order valence-electron chi connectivity index (χ0n) is 17.4. The molecule has 9 heteroatoms. The molecule has 1 aromatic heterocycles. The lowest BCUT2D eigenvalue weighted by atomic mass is 10.1. The van der Waals surface area contributed by atoms with Crippen molar-refractivity contribution >= 4 is 56.5 Å². The molecule has 0 unspecified atom stereocenters. The van der Waals surface area contributed by atoms with Crippen molar-refractivity contribution < 1.29 is 18.7 Å². The second kappa shape index (κ2) is 10.9. The molecule has 0 radical (unpaired) electrons. The van der Waals surface area contributed by atoms with E-state index in [2.05, 4.69) is 15.6 Å². The van der Waals surface area contributed by atoms with Crippen LogP contribution in [0.2, 0.25) is 0 Å². The molecule has 0 saturated carbocycles. The molecule has 2 amide bonds. The fourth-order valence-corrected chi connectivity index (χ4v) is 4.52. The Morgan fingerprint density at radius 2 is 1.76 bits per heavy atom. The number of anilines is 2. The average molecular weight is 482 g/mol. The van der Waals surface area contributed by atoms with E-state index in [1.54, 1.807) is 0 Å². The minimum atomic E-state index is -0.353. The van der Waals surface area contributed by atoms with Crippen molar-refractivity contribution in [3.8, 4) is 5.75 Å². The Kier molecular flexibility index (Phi) is 7.54. The SMILES string of the molecule is O=C(CSCc1csc(NC(=O)COc2ccc3ccccc3c2)n1)Nc1ccc(F)cc1. The maximum atomic E-state index is 12.9. The number of amides is 2. The highest BCUT2D eigenvalue weighted by Gasteiger charge is 2.09. The van der Waals surface area contributed by atoms with Crippen LogP contribution in [0.25, 0.3) is 10.8 Å². The molecule has 2 N–H and O–H groups in total. The smallest absolute Gasteiger partial charge is 0.264 e. The average Bonchev–Trinajstić information content (AvgIpc) is 3.26. The van der Waals surface area contributed by atoms with Gasteiger partial charge in [0, 0.05) is 16.8 Å². The predicted octanol–water partition coefficient (Wildman–Crippen LogP) is 5.32. The lowest BCUT2D eigenvalue weighted by molar-refractivity contribution is -0.118. The fraction of sp³-hybridized carbons (Fsp3) is 0.125. The number of rotatable bonds is 9. The van der Waals surface area contributed by atoms with Gasteiger partial charge in [-0.3, -0.25) is 14.9 Å². The molecule has 0 saturated heterocycles. The third kappa shape index (κ3) is 6.77. The van der Waals surface area contributed by atoms with Crippen molar-refractivity contribution in [1.29, 1.82) is 0 Å². The Balaban J connectivity index is 1.19. The number of benzene rings is 3. The Hall–Kier alpha value is -3.43. The summed E-state index contributed by atoms with van der Waals surface area (Å²) in [5.74, 6) is 0.553. The highest BCUT2D eigenvalue weighted by atomic mass is 32.2. The highest BCUT2D eigenvalue weighted by Crippen LogP contribution is 2.22. The van der Waals surface area contributed by atoms with E-state index in [1.165, 1.54) is 47.4 Å². The molecule has 0 spiro atoms. The van der Waals surface area contributed by atoms with E-state index < -0.39 is 0 Å². The summed E-state index contributed by atoms with van der Waals surface area (Å²) in [7, 11) is 0. The maximum Gasteiger partial charge on any atom is 0.264 e. The number of hydrogen-bond acceptors (Lipinski definition) is 6. The second-order valence-corrected chi connectivity index (χ2v) is 8.88. The van der Waals surface area contributed by atoms with Crippen molar-refractivity contribution in [2.45, 2.75) is 5.75 Å². The number of carbonyl (C=O) groups is 2. The molecule has 0 atom stereocenters. The molecule has 0 aliphatic heterocycles. The standard InChI is InChI=1S/C24H20FN3O3S2/c25-18-6-8-19(9-7-18)26-23(30)15-32-13-20-14-33-24(27-20)28-22(29)12-31-21-10-5-16-3-1-2-4-17(16)11-21/h1-11,14H,12-13,15H2,(H,26,30)(H,27,28,29). The maximum absolute atomic E-state index is 12.9. The normalized spacial score (nSPS) is 10.7. The Morgan fingerprint density at radius 1 is 0.970 bits per heavy atom. The third-order valence-corrected chi connectivity index (χ3v) is 6.27. The Bertz CT molecular complexity index is 1260. The van der Waals surface area contributed by atoms with Gasteiger partial charge in [-0.1, -0.05) is 30.3 Å². The first-order valence-electron chi connectivity index (χ1n) is 10.0. The van der Waals surface area contributed by atoms with Gasteiger partial charge in [-0.15, -0.1) is 23.1 Å². The first-order valence-corrected chi connectivity index (χ1v) is 12.1. The summed E-state index contributed by atoms with van der Waals surface area (Å²) in [4.78, 5) is 28.6. The van der Waals surface area contributed by atoms with Gasteiger partial charge in [0.1, 0.15) is 11.6 Å². The lowest BCUT2D eigenvalue weighted by Crippen LogP contribution is -2.20. The molecule has 33 heavy (non-hydrogen) atoms. The quantitative estimate of drug-likeness (QED) is 0.338. The van der Waals surface area contributed by atoms with E-state index >= 15 is 0 Å². The van der Waals surface area contributed by atoms with Gasteiger partial charge < -0.3 is 10.1 Å². The molecule has 4 aromatic rings. The van der Waals surface area contributed by atoms with Crippen LogP contribution >= 0.6 is 23.1 Å². The summed E-state index contributed by atoms with van der Waals surface area (Å²) >= 11 is 2.71. The summed E-state index contributed by atoms with van der Waals surface area (Å²) in [6, 6.07) is 19.2.